The summed E-state index contributed by atoms with van der Waals surface area (Å²) in [5, 5.41) is 0.397. The summed E-state index contributed by atoms with van der Waals surface area (Å²) >= 11 is 5.89. The van der Waals surface area contributed by atoms with E-state index in [0.717, 1.165) is 11.2 Å². The van der Waals surface area contributed by atoms with E-state index in [9.17, 15) is 4.79 Å². The summed E-state index contributed by atoms with van der Waals surface area (Å²) in [5.74, 6) is -0.0887. The van der Waals surface area contributed by atoms with Crippen LogP contribution in [0.2, 0.25) is 5.28 Å². The second-order valence-corrected chi connectivity index (χ2v) is 3.60. The summed E-state index contributed by atoms with van der Waals surface area (Å²) in [6.07, 6.45) is 1.72. The van der Waals surface area contributed by atoms with Gasteiger partial charge in [-0.2, -0.15) is 0 Å². The zero-order valence-electron chi connectivity index (χ0n) is 8.20. The lowest BCUT2D eigenvalue weighted by Crippen LogP contribution is -2.13. The Morgan fingerprint density at radius 3 is 3.07 bits per heavy atom. The number of nitrogens with zero attached hydrogens (tertiary/aromatic N) is 2. The Labute approximate surface area is 91.7 Å². The number of carbonyl (C=O) groups is 1. The SMILES string of the molecule is Cc1nc(Cl)n2ccc(C(=O)CN)cc12. The average Bonchev–Trinajstić information content (AvgIpc) is 2.53. The van der Waals surface area contributed by atoms with Crippen molar-refractivity contribution in [2.45, 2.75) is 6.92 Å². The van der Waals surface area contributed by atoms with Crippen LogP contribution in [0.4, 0.5) is 0 Å². The van der Waals surface area contributed by atoms with E-state index < -0.39 is 0 Å². The van der Waals surface area contributed by atoms with E-state index in [1.807, 2.05) is 6.92 Å². The van der Waals surface area contributed by atoms with E-state index in [1.54, 1.807) is 22.7 Å². The molecule has 0 radical (unpaired) electrons. The van der Waals surface area contributed by atoms with Crippen molar-refractivity contribution in [1.82, 2.24) is 9.38 Å². The third kappa shape index (κ3) is 1.62. The molecule has 5 heteroatoms. The van der Waals surface area contributed by atoms with Gasteiger partial charge < -0.3 is 5.73 Å². The van der Waals surface area contributed by atoms with Gasteiger partial charge in [0.1, 0.15) is 0 Å². The predicted octanol–water partition coefficient (Wildman–Crippen LogP) is 1.44. The Kier molecular flexibility index (Phi) is 2.46. The Balaban J connectivity index is 2.65. The van der Waals surface area contributed by atoms with E-state index in [4.69, 9.17) is 17.3 Å². The lowest BCUT2D eigenvalue weighted by Gasteiger charge is -2.00. The first-order valence-corrected chi connectivity index (χ1v) is 4.88. The molecule has 2 heterocycles. The third-order valence-electron chi connectivity index (χ3n) is 2.29. The highest BCUT2D eigenvalue weighted by Gasteiger charge is 2.09. The molecular formula is C10H10ClN3O. The van der Waals surface area contributed by atoms with Crippen molar-refractivity contribution >= 4 is 22.9 Å². The highest BCUT2D eigenvalue weighted by Crippen LogP contribution is 2.17. The summed E-state index contributed by atoms with van der Waals surface area (Å²) in [6, 6.07) is 3.44. The molecular weight excluding hydrogens is 214 g/mol. The lowest BCUT2D eigenvalue weighted by molar-refractivity contribution is 0.100. The molecule has 0 atom stereocenters. The van der Waals surface area contributed by atoms with Crippen molar-refractivity contribution in [2.24, 2.45) is 5.73 Å². The van der Waals surface area contributed by atoms with E-state index in [-0.39, 0.29) is 12.3 Å². The third-order valence-corrected chi connectivity index (χ3v) is 2.56. The lowest BCUT2D eigenvalue weighted by atomic mass is 10.1. The molecule has 2 aromatic heterocycles. The van der Waals surface area contributed by atoms with Crippen LogP contribution in [0, 0.1) is 6.92 Å². The highest BCUT2D eigenvalue weighted by molar-refractivity contribution is 6.28. The number of hydrogen-bond acceptors (Lipinski definition) is 3. The molecule has 0 aliphatic carbocycles. The number of aromatic nitrogens is 2. The molecule has 0 aliphatic heterocycles. The molecule has 0 spiro atoms. The van der Waals surface area contributed by atoms with Crippen molar-refractivity contribution < 1.29 is 4.79 Å². The summed E-state index contributed by atoms with van der Waals surface area (Å²) < 4.78 is 1.73. The molecule has 2 N–H and O–H groups in total. The van der Waals surface area contributed by atoms with Gasteiger partial charge in [0.05, 0.1) is 17.8 Å². The number of aryl methyl sites for hydroxylation is 1. The van der Waals surface area contributed by atoms with Gasteiger partial charge >= 0.3 is 0 Å². The zero-order chi connectivity index (χ0) is 11.0. The van der Waals surface area contributed by atoms with Crippen molar-refractivity contribution in [3.05, 3.63) is 34.9 Å². The first-order chi connectivity index (χ1) is 7.13. The standard InChI is InChI=1S/C10H10ClN3O/c1-6-8-4-7(9(15)5-12)2-3-14(8)10(11)13-6/h2-4H,5,12H2,1H3. The van der Waals surface area contributed by atoms with Gasteiger partial charge in [0.2, 0.25) is 5.28 Å². The Morgan fingerprint density at radius 1 is 1.67 bits per heavy atom. The van der Waals surface area contributed by atoms with Crippen LogP contribution in [0.5, 0.6) is 0 Å². The van der Waals surface area contributed by atoms with E-state index >= 15 is 0 Å². The fourth-order valence-corrected chi connectivity index (χ4v) is 1.75. The van der Waals surface area contributed by atoms with Crippen LogP contribution in [0.25, 0.3) is 5.52 Å². The predicted molar refractivity (Wildman–Crippen MR) is 58.3 cm³/mol. The smallest absolute Gasteiger partial charge is 0.207 e. The molecule has 0 bridgehead atoms. The topological polar surface area (TPSA) is 60.4 Å². The molecule has 2 rings (SSSR count). The molecule has 78 valence electrons. The minimum atomic E-state index is -0.0887. The molecule has 15 heavy (non-hydrogen) atoms. The van der Waals surface area contributed by atoms with Crippen molar-refractivity contribution in [3.63, 3.8) is 0 Å². The first kappa shape index (κ1) is 10.1. The van der Waals surface area contributed by atoms with Gasteiger partial charge in [-0.15, -0.1) is 0 Å². The van der Waals surface area contributed by atoms with Gasteiger partial charge in [-0.3, -0.25) is 9.20 Å². The highest BCUT2D eigenvalue weighted by atomic mass is 35.5. The number of Topliss-reactive ketones (excluding diaryl/α,β-unsaturated/α-hetero) is 1. The Morgan fingerprint density at radius 2 is 2.40 bits per heavy atom. The fourth-order valence-electron chi connectivity index (χ4n) is 1.48. The summed E-state index contributed by atoms with van der Waals surface area (Å²) in [6.45, 7) is 1.86. The second-order valence-electron chi connectivity index (χ2n) is 3.26. The van der Waals surface area contributed by atoms with E-state index in [0.29, 0.717) is 10.8 Å². The maximum absolute atomic E-state index is 11.4. The van der Waals surface area contributed by atoms with Crippen LogP contribution < -0.4 is 5.73 Å². The summed E-state index contributed by atoms with van der Waals surface area (Å²) in [4.78, 5) is 15.5. The Bertz CT molecular complexity index is 533. The van der Waals surface area contributed by atoms with Crippen LogP contribution in [0.3, 0.4) is 0 Å². The summed E-state index contributed by atoms with van der Waals surface area (Å²) in [5.41, 5.74) is 7.51. The number of halogens is 1. The van der Waals surface area contributed by atoms with Crippen LogP contribution >= 0.6 is 11.6 Å². The van der Waals surface area contributed by atoms with Gasteiger partial charge in [-0.25, -0.2) is 4.98 Å². The maximum atomic E-state index is 11.4. The van der Waals surface area contributed by atoms with Gasteiger partial charge in [-0.1, -0.05) is 0 Å². The van der Waals surface area contributed by atoms with Crippen LogP contribution in [0.15, 0.2) is 18.3 Å². The number of rotatable bonds is 2. The van der Waals surface area contributed by atoms with Crippen LogP contribution in [0.1, 0.15) is 16.1 Å². The van der Waals surface area contributed by atoms with Gasteiger partial charge in [-0.05, 0) is 30.7 Å². The molecule has 2 aromatic rings. The van der Waals surface area contributed by atoms with Crippen molar-refractivity contribution in [2.75, 3.05) is 6.54 Å². The molecule has 0 saturated heterocycles. The maximum Gasteiger partial charge on any atom is 0.207 e. The minimum Gasteiger partial charge on any atom is -0.324 e. The number of hydrogen-bond donors (Lipinski definition) is 1. The number of imidazole rings is 1. The Hall–Kier alpha value is -1.39. The number of fused-ring (bicyclic) bond motifs is 1. The van der Waals surface area contributed by atoms with Gasteiger partial charge in [0, 0.05) is 11.8 Å². The van der Waals surface area contributed by atoms with Crippen LogP contribution in [-0.4, -0.2) is 21.7 Å². The van der Waals surface area contributed by atoms with E-state index in [2.05, 4.69) is 4.98 Å². The molecule has 4 nitrogen and oxygen atoms in total. The van der Waals surface area contributed by atoms with Gasteiger partial charge in [0.25, 0.3) is 0 Å². The minimum absolute atomic E-state index is 0.0110. The quantitative estimate of drug-likeness (QED) is 0.784. The largest absolute Gasteiger partial charge is 0.324 e. The van der Waals surface area contributed by atoms with Crippen LogP contribution in [-0.2, 0) is 0 Å². The van der Waals surface area contributed by atoms with Crippen molar-refractivity contribution in [3.8, 4) is 0 Å². The summed E-state index contributed by atoms with van der Waals surface area (Å²) in [7, 11) is 0. The molecule has 0 amide bonds. The number of ketones is 1. The molecule has 0 aromatic carbocycles. The normalized spacial score (nSPS) is 10.9. The van der Waals surface area contributed by atoms with Crippen molar-refractivity contribution in [1.29, 1.82) is 0 Å². The first-order valence-electron chi connectivity index (χ1n) is 4.51. The zero-order valence-corrected chi connectivity index (χ0v) is 8.95. The van der Waals surface area contributed by atoms with Gasteiger partial charge in [0.15, 0.2) is 5.78 Å². The molecule has 0 saturated carbocycles. The average molecular weight is 224 g/mol. The fraction of sp³-hybridized carbons (Fsp3) is 0.200. The van der Waals surface area contributed by atoms with E-state index in [1.165, 1.54) is 0 Å². The number of pyridine rings is 1. The molecule has 0 aliphatic rings. The second kappa shape index (κ2) is 3.64. The number of nitrogens with two attached hydrogens (primary N) is 1. The molecule has 0 unspecified atom stereocenters. The number of carbonyl (C=O) groups excluding carboxylic acids is 1. The monoisotopic (exact) mass is 223 g/mol. The molecule has 0 fully saturated rings.